The molecule has 4 rings (SSSR count). The Labute approximate surface area is 161 Å². The first-order valence-electron chi connectivity index (χ1n) is 9.29. The summed E-state index contributed by atoms with van der Waals surface area (Å²) in [5, 5.41) is 11.6. The third-order valence-corrected chi connectivity index (χ3v) is 5.16. The molecular formula is C20H21F2N5O. The van der Waals surface area contributed by atoms with Crippen LogP contribution in [-0.4, -0.2) is 52.0 Å². The van der Waals surface area contributed by atoms with Crippen LogP contribution in [0.5, 0.6) is 0 Å². The third-order valence-electron chi connectivity index (χ3n) is 5.16. The maximum atomic E-state index is 12.6. The van der Waals surface area contributed by atoms with Crippen molar-refractivity contribution in [3.8, 4) is 11.1 Å². The number of carbonyl (C=O) groups excluding carboxylic acids is 1. The third kappa shape index (κ3) is 4.17. The van der Waals surface area contributed by atoms with E-state index in [4.69, 9.17) is 0 Å². The van der Waals surface area contributed by atoms with Crippen molar-refractivity contribution in [1.29, 1.82) is 0 Å². The van der Waals surface area contributed by atoms with Crippen molar-refractivity contribution in [3.63, 3.8) is 0 Å². The Morgan fingerprint density at radius 3 is 2.71 bits per heavy atom. The quantitative estimate of drug-likeness (QED) is 0.705. The molecule has 0 unspecified atom stereocenters. The molecule has 0 radical (unpaired) electrons. The molecule has 6 nitrogen and oxygen atoms in total. The largest absolute Gasteiger partial charge is 0.310 e. The zero-order chi connectivity index (χ0) is 19.5. The van der Waals surface area contributed by atoms with E-state index in [1.54, 1.807) is 17.3 Å². The van der Waals surface area contributed by atoms with E-state index in [-0.39, 0.29) is 18.4 Å². The summed E-state index contributed by atoms with van der Waals surface area (Å²) in [5.74, 6) is 0.218. The second-order valence-corrected chi connectivity index (χ2v) is 7.07. The van der Waals surface area contributed by atoms with Crippen molar-refractivity contribution in [2.45, 2.75) is 19.3 Å². The number of fused-ring (bicyclic) bond motifs is 1. The molecule has 1 aliphatic heterocycles. The van der Waals surface area contributed by atoms with Gasteiger partial charge in [-0.25, -0.2) is 13.8 Å². The van der Waals surface area contributed by atoms with E-state index in [0.29, 0.717) is 31.7 Å². The van der Waals surface area contributed by atoms with E-state index in [1.165, 1.54) is 0 Å². The lowest BCUT2D eigenvalue weighted by atomic mass is 9.96. The van der Waals surface area contributed by atoms with Crippen molar-refractivity contribution < 1.29 is 13.6 Å². The van der Waals surface area contributed by atoms with Crippen molar-refractivity contribution in [1.82, 2.24) is 20.1 Å². The van der Waals surface area contributed by atoms with Crippen LogP contribution in [0.3, 0.4) is 0 Å². The molecule has 2 N–H and O–H groups in total. The number of amides is 1. The lowest BCUT2D eigenvalue weighted by Gasteiger charge is -2.30. The number of carbonyl (C=O) groups is 1. The molecule has 1 fully saturated rings. The van der Waals surface area contributed by atoms with Gasteiger partial charge in [0.15, 0.2) is 0 Å². The second kappa shape index (κ2) is 8.02. The Morgan fingerprint density at radius 1 is 1.18 bits per heavy atom. The van der Waals surface area contributed by atoms with Crippen LogP contribution >= 0.6 is 0 Å². The molecule has 0 saturated carbocycles. The molecule has 8 heteroatoms. The normalized spacial score (nSPS) is 16.0. The summed E-state index contributed by atoms with van der Waals surface area (Å²) in [6, 6.07) is 7.86. The highest BCUT2D eigenvalue weighted by Gasteiger charge is 2.26. The number of piperidine rings is 1. The first-order valence-corrected chi connectivity index (χ1v) is 9.29. The van der Waals surface area contributed by atoms with Gasteiger partial charge in [-0.05, 0) is 49.0 Å². The summed E-state index contributed by atoms with van der Waals surface area (Å²) in [6.07, 6.45) is 4.14. The SMILES string of the molecule is O=C(Nc1cc2cc(-c3cn[nH]c3)ccc2cn1)C1CCN(CC(F)F)CC1. The predicted octanol–water partition coefficient (Wildman–Crippen LogP) is 3.54. The van der Waals surface area contributed by atoms with Crippen LogP contribution < -0.4 is 5.32 Å². The second-order valence-electron chi connectivity index (χ2n) is 7.07. The first-order chi connectivity index (χ1) is 13.6. The molecule has 2 aromatic heterocycles. The van der Waals surface area contributed by atoms with Crippen molar-refractivity contribution in [2.24, 2.45) is 5.92 Å². The molecule has 3 aromatic rings. The highest BCUT2D eigenvalue weighted by Crippen LogP contribution is 2.25. The van der Waals surface area contributed by atoms with Crippen LogP contribution in [0.25, 0.3) is 21.9 Å². The molecule has 0 spiro atoms. The van der Waals surface area contributed by atoms with E-state index >= 15 is 0 Å². The average Bonchev–Trinajstić information content (AvgIpc) is 3.22. The predicted molar refractivity (Wildman–Crippen MR) is 103 cm³/mol. The van der Waals surface area contributed by atoms with E-state index in [9.17, 15) is 13.6 Å². The fraction of sp³-hybridized carbons (Fsp3) is 0.350. The average molecular weight is 385 g/mol. The van der Waals surface area contributed by atoms with E-state index in [1.807, 2.05) is 30.5 Å². The number of nitrogens with one attached hydrogen (secondary N) is 2. The summed E-state index contributed by atoms with van der Waals surface area (Å²) < 4.78 is 24.9. The molecule has 1 amide bonds. The number of hydrogen-bond donors (Lipinski definition) is 2. The van der Waals surface area contributed by atoms with Gasteiger partial charge in [-0.2, -0.15) is 5.10 Å². The van der Waals surface area contributed by atoms with Crippen molar-refractivity contribution in [3.05, 3.63) is 42.9 Å². The van der Waals surface area contributed by atoms with E-state index in [2.05, 4.69) is 20.5 Å². The number of benzene rings is 1. The summed E-state index contributed by atoms with van der Waals surface area (Å²) in [7, 11) is 0. The number of halogens is 2. The minimum Gasteiger partial charge on any atom is -0.310 e. The maximum absolute atomic E-state index is 12.6. The first kappa shape index (κ1) is 18.5. The summed E-state index contributed by atoms with van der Waals surface area (Å²) >= 11 is 0. The Kier molecular flexibility index (Phi) is 5.29. The Hall–Kier alpha value is -2.87. The van der Waals surface area contributed by atoms with Gasteiger partial charge >= 0.3 is 0 Å². The highest BCUT2D eigenvalue weighted by molar-refractivity contribution is 5.95. The molecule has 1 saturated heterocycles. The van der Waals surface area contributed by atoms with Gasteiger partial charge in [0, 0.05) is 29.3 Å². The highest BCUT2D eigenvalue weighted by atomic mass is 19.3. The molecule has 0 bridgehead atoms. The van der Waals surface area contributed by atoms with Crippen LogP contribution in [0.15, 0.2) is 42.9 Å². The lowest BCUT2D eigenvalue weighted by molar-refractivity contribution is -0.121. The number of pyridine rings is 1. The van der Waals surface area contributed by atoms with E-state index in [0.717, 1.165) is 21.9 Å². The zero-order valence-electron chi connectivity index (χ0n) is 15.2. The van der Waals surface area contributed by atoms with Gasteiger partial charge in [0.2, 0.25) is 5.91 Å². The summed E-state index contributed by atoms with van der Waals surface area (Å²) in [4.78, 5) is 18.6. The van der Waals surface area contributed by atoms with Crippen LogP contribution in [0.1, 0.15) is 12.8 Å². The molecule has 1 aromatic carbocycles. The Balaban J connectivity index is 1.43. The monoisotopic (exact) mass is 385 g/mol. The molecule has 146 valence electrons. The lowest BCUT2D eigenvalue weighted by Crippen LogP contribution is -2.40. The molecule has 0 aliphatic carbocycles. The van der Waals surface area contributed by atoms with Gasteiger partial charge < -0.3 is 5.32 Å². The van der Waals surface area contributed by atoms with Crippen LogP contribution in [-0.2, 0) is 4.79 Å². The van der Waals surface area contributed by atoms with Crippen LogP contribution in [0, 0.1) is 5.92 Å². The van der Waals surface area contributed by atoms with Crippen LogP contribution in [0.4, 0.5) is 14.6 Å². The number of nitrogens with zero attached hydrogens (tertiary/aromatic N) is 3. The number of H-pyrrole nitrogens is 1. The Morgan fingerprint density at radius 2 is 2.00 bits per heavy atom. The number of aromatic amines is 1. The van der Waals surface area contributed by atoms with Crippen molar-refractivity contribution in [2.75, 3.05) is 25.0 Å². The van der Waals surface area contributed by atoms with Gasteiger partial charge in [-0.1, -0.05) is 12.1 Å². The van der Waals surface area contributed by atoms with E-state index < -0.39 is 6.43 Å². The standard InChI is InChI=1S/C20H21F2N5O/c21-18(22)12-27-5-3-13(4-6-27)20(28)26-19-8-16-7-14(17-10-24-25-11-17)1-2-15(16)9-23-19/h1-2,7-11,13,18H,3-6,12H2,(H,24,25)(H,23,26,28). The molecule has 3 heterocycles. The fourth-order valence-electron chi connectivity index (χ4n) is 3.60. The van der Waals surface area contributed by atoms with Crippen molar-refractivity contribution >= 4 is 22.5 Å². The number of rotatable bonds is 5. The summed E-state index contributed by atoms with van der Waals surface area (Å²) in [6.45, 7) is 0.808. The summed E-state index contributed by atoms with van der Waals surface area (Å²) in [5.41, 5.74) is 2.01. The minimum atomic E-state index is -2.33. The van der Waals surface area contributed by atoms with Gasteiger partial charge in [0.05, 0.1) is 12.7 Å². The molecule has 0 atom stereocenters. The van der Waals surface area contributed by atoms with Gasteiger partial charge in [0.25, 0.3) is 6.43 Å². The zero-order valence-corrected chi connectivity index (χ0v) is 15.2. The number of anilines is 1. The Bertz CT molecular complexity index is 952. The number of hydrogen-bond acceptors (Lipinski definition) is 4. The topological polar surface area (TPSA) is 73.9 Å². The smallest absolute Gasteiger partial charge is 0.251 e. The molecule has 1 aliphatic rings. The number of likely N-dealkylation sites (tertiary alicyclic amines) is 1. The molecule has 28 heavy (non-hydrogen) atoms. The van der Waals surface area contributed by atoms with Gasteiger partial charge in [-0.15, -0.1) is 0 Å². The van der Waals surface area contributed by atoms with Crippen LogP contribution in [0.2, 0.25) is 0 Å². The van der Waals surface area contributed by atoms with Gasteiger partial charge in [0.1, 0.15) is 5.82 Å². The molecular weight excluding hydrogens is 364 g/mol. The van der Waals surface area contributed by atoms with Gasteiger partial charge in [-0.3, -0.25) is 14.8 Å². The number of aromatic nitrogens is 3. The fourth-order valence-corrected chi connectivity index (χ4v) is 3.60. The maximum Gasteiger partial charge on any atom is 0.251 e. The number of alkyl halides is 2. The minimum absolute atomic E-state index is 0.102.